The minimum atomic E-state index is -3.51. The summed E-state index contributed by atoms with van der Waals surface area (Å²) in [4.78, 5) is 12.4. The summed E-state index contributed by atoms with van der Waals surface area (Å²) in [6.45, 7) is 1.82. The van der Waals surface area contributed by atoms with Crippen LogP contribution >= 0.6 is 0 Å². The molecule has 7 nitrogen and oxygen atoms in total. The number of hydrogen-bond acceptors (Lipinski definition) is 5. The number of morpholine rings is 1. The Kier molecular flexibility index (Phi) is 5.55. The van der Waals surface area contributed by atoms with Crippen molar-refractivity contribution in [2.24, 2.45) is 0 Å². The van der Waals surface area contributed by atoms with Crippen LogP contribution < -0.4 is 11.1 Å². The fourth-order valence-corrected chi connectivity index (χ4v) is 4.10. The van der Waals surface area contributed by atoms with Gasteiger partial charge >= 0.3 is 0 Å². The second-order valence-electron chi connectivity index (χ2n) is 5.93. The molecule has 2 aromatic rings. The number of carbonyl (C=O) groups excluding carboxylic acids is 1. The van der Waals surface area contributed by atoms with Crippen LogP contribution in [0.25, 0.3) is 0 Å². The van der Waals surface area contributed by atoms with Crippen molar-refractivity contribution in [2.45, 2.75) is 11.4 Å². The summed E-state index contributed by atoms with van der Waals surface area (Å²) in [6.07, 6.45) is 0. The van der Waals surface area contributed by atoms with Crippen LogP contribution in [0.15, 0.2) is 53.4 Å². The number of nitrogens with zero attached hydrogens (tertiary/aromatic N) is 1. The van der Waals surface area contributed by atoms with Gasteiger partial charge in [-0.2, -0.15) is 4.31 Å². The number of nitrogens with one attached hydrogen (secondary N) is 1. The normalized spacial score (nSPS) is 15.5. The molecule has 1 aliphatic heterocycles. The molecule has 138 valence electrons. The quantitative estimate of drug-likeness (QED) is 0.765. The van der Waals surface area contributed by atoms with Gasteiger partial charge in [0.1, 0.15) is 0 Å². The summed E-state index contributed by atoms with van der Waals surface area (Å²) < 4.78 is 31.8. The van der Waals surface area contributed by atoms with Gasteiger partial charge in [0, 0.05) is 25.3 Å². The summed E-state index contributed by atoms with van der Waals surface area (Å²) in [5.41, 5.74) is 7.42. The van der Waals surface area contributed by atoms with E-state index in [9.17, 15) is 13.2 Å². The first-order valence-corrected chi connectivity index (χ1v) is 9.72. The minimum Gasteiger partial charge on any atom is -0.398 e. The first-order valence-electron chi connectivity index (χ1n) is 8.28. The summed E-state index contributed by atoms with van der Waals surface area (Å²) in [7, 11) is -3.51. The average Bonchev–Trinajstić information content (AvgIpc) is 2.67. The molecule has 0 radical (unpaired) electrons. The number of para-hydroxylation sites is 1. The van der Waals surface area contributed by atoms with Crippen molar-refractivity contribution in [3.63, 3.8) is 0 Å². The maximum Gasteiger partial charge on any atom is 0.253 e. The third-order valence-corrected chi connectivity index (χ3v) is 6.10. The van der Waals surface area contributed by atoms with Gasteiger partial charge in [0.25, 0.3) is 5.91 Å². The van der Waals surface area contributed by atoms with Crippen LogP contribution in [-0.2, 0) is 21.3 Å². The molecule has 1 amide bonds. The number of rotatable bonds is 5. The topological polar surface area (TPSA) is 102 Å². The van der Waals surface area contributed by atoms with Crippen LogP contribution in [0.4, 0.5) is 5.69 Å². The van der Waals surface area contributed by atoms with Gasteiger partial charge in [0.15, 0.2) is 0 Å². The summed E-state index contributed by atoms with van der Waals surface area (Å²) in [6, 6.07) is 13.3. The van der Waals surface area contributed by atoms with E-state index in [0.717, 1.165) is 5.56 Å². The molecule has 0 aliphatic carbocycles. The fraction of sp³-hybridized carbons (Fsp3) is 0.278. The van der Waals surface area contributed by atoms with Crippen LogP contribution in [-0.4, -0.2) is 44.9 Å². The van der Waals surface area contributed by atoms with Crippen molar-refractivity contribution in [3.8, 4) is 0 Å². The Hall–Kier alpha value is -2.42. The van der Waals surface area contributed by atoms with Crippen LogP contribution in [0.3, 0.4) is 0 Å². The Bertz CT molecular complexity index is 876. The second kappa shape index (κ2) is 7.86. The van der Waals surface area contributed by atoms with Gasteiger partial charge in [-0.15, -0.1) is 0 Å². The van der Waals surface area contributed by atoms with Crippen molar-refractivity contribution in [3.05, 3.63) is 59.7 Å². The predicted molar refractivity (Wildman–Crippen MR) is 98.0 cm³/mol. The Morgan fingerprint density at radius 3 is 2.38 bits per heavy atom. The smallest absolute Gasteiger partial charge is 0.253 e. The molecule has 3 N–H and O–H groups in total. The molecule has 1 fully saturated rings. The van der Waals surface area contributed by atoms with Crippen molar-refractivity contribution in [1.29, 1.82) is 0 Å². The maximum absolute atomic E-state index is 12.6. The van der Waals surface area contributed by atoms with E-state index < -0.39 is 10.0 Å². The molecule has 0 aromatic heterocycles. The lowest BCUT2D eigenvalue weighted by atomic mass is 10.1. The summed E-state index contributed by atoms with van der Waals surface area (Å²) in [5.74, 6) is -0.270. The first-order chi connectivity index (χ1) is 12.5. The van der Waals surface area contributed by atoms with Gasteiger partial charge in [0.05, 0.1) is 23.7 Å². The lowest BCUT2D eigenvalue weighted by Gasteiger charge is -2.26. The number of sulfonamides is 1. The fourth-order valence-electron chi connectivity index (χ4n) is 2.70. The molecule has 0 unspecified atom stereocenters. The number of anilines is 1. The SMILES string of the molecule is Nc1ccccc1C(=O)NCc1ccc(S(=O)(=O)N2CCOCC2)cc1. The van der Waals surface area contributed by atoms with Crippen LogP contribution in [0.2, 0.25) is 0 Å². The molecule has 0 atom stereocenters. The lowest BCUT2D eigenvalue weighted by Crippen LogP contribution is -2.40. The van der Waals surface area contributed by atoms with Crippen LogP contribution in [0.1, 0.15) is 15.9 Å². The molecular formula is C18H21N3O4S. The number of hydrogen-bond donors (Lipinski definition) is 2. The lowest BCUT2D eigenvalue weighted by molar-refractivity contribution is 0.0730. The number of carbonyl (C=O) groups is 1. The third-order valence-electron chi connectivity index (χ3n) is 4.19. The number of benzene rings is 2. The molecule has 1 saturated heterocycles. The number of ether oxygens (including phenoxy) is 1. The molecule has 1 aliphatic rings. The highest BCUT2D eigenvalue weighted by atomic mass is 32.2. The third kappa shape index (κ3) is 4.04. The molecule has 0 spiro atoms. The van der Waals surface area contributed by atoms with E-state index in [2.05, 4.69) is 5.32 Å². The Balaban J connectivity index is 1.64. The van der Waals surface area contributed by atoms with Crippen molar-refractivity contribution >= 4 is 21.6 Å². The highest BCUT2D eigenvalue weighted by Crippen LogP contribution is 2.18. The van der Waals surface area contributed by atoms with E-state index in [1.165, 1.54) is 4.31 Å². The summed E-state index contributed by atoms with van der Waals surface area (Å²) in [5, 5.41) is 2.78. The van der Waals surface area contributed by atoms with E-state index in [4.69, 9.17) is 10.5 Å². The van der Waals surface area contributed by atoms with Gasteiger partial charge in [-0.1, -0.05) is 24.3 Å². The molecule has 0 saturated carbocycles. The van der Waals surface area contributed by atoms with E-state index in [1.54, 1.807) is 48.5 Å². The van der Waals surface area contributed by atoms with Crippen molar-refractivity contribution in [2.75, 3.05) is 32.0 Å². The monoisotopic (exact) mass is 375 g/mol. The maximum atomic E-state index is 12.6. The largest absolute Gasteiger partial charge is 0.398 e. The molecule has 26 heavy (non-hydrogen) atoms. The predicted octanol–water partition coefficient (Wildman–Crippen LogP) is 1.22. The van der Waals surface area contributed by atoms with Gasteiger partial charge in [-0.05, 0) is 29.8 Å². The van der Waals surface area contributed by atoms with E-state index >= 15 is 0 Å². The van der Waals surface area contributed by atoms with E-state index in [1.807, 2.05) is 0 Å². The highest BCUT2D eigenvalue weighted by Gasteiger charge is 2.26. The molecule has 0 bridgehead atoms. The Morgan fingerprint density at radius 2 is 1.73 bits per heavy atom. The molecule has 8 heteroatoms. The van der Waals surface area contributed by atoms with Crippen LogP contribution in [0.5, 0.6) is 0 Å². The zero-order chi connectivity index (χ0) is 18.6. The minimum absolute atomic E-state index is 0.238. The zero-order valence-electron chi connectivity index (χ0n) is 14.2. The zero-order valence-corrected chi connectivity index (χ0v) is 15.0. The van der Waals surface area contributed by atoms with Gasteiger partial charge < -0.3 is 15.8 Å². The van der Waals surface area contributed by atoms with Gasteiger partial charge in [0.2, 0.25) is 10.0 Å². The molecule has 3 rings (SSSR count). The molecule has 2 aromatic carbocycles. The van der Waals surface area contributed by atoms with E-state index in [0.29, 0.717) is 37.6 Å². The Labute approximate surface area is 152 Å². The van der Waals surface area contributed by atoms with E-state index in [-0.39, 0.29) is 17.3 Å². The van der Waals surface area contributed by atoms with Gasteiger partial charge in [-0.3, -0.25) is 4.79 Å². The average molecular weight is 375 g/mol. The molecular weight excluding hydrogens is 354 g/mol. The van der Waals surface area contributed by atoms with Gasteiger partial charge in [-0.25, -0.2) is 8.42 Å². The summed E-state index contributed by atoms with van der Waals surface area (Å²) >= 11 is 0. The number of amides is 1. The highest BCUT2D eigenvalue weighted by molar-refractivity contribution is 7.89. The molecule has 1 heterocycles. The number of nitrogens with two attached hydrogens (primary N) is 1. The first kappa shape index (κ1) is 18.4. The standard InChI is InChI=1S/C18H21N3O4S/c19-17-4-2-1-3-16(17)18(22)20-13-14-5-7-15(8-6-14)26(23,24)21-9-11-25-12-10-21/h1-8H,9-13,19H2,(H,20,22). The van der Waals surface area contributed by atoms with Crippen molar-refractivity contribution < 1.29 is 17.9 Å². The van der Waals surface area contributed by atoms with Crippen molar-refractivity contribution in [1.82, 2.24) is 9.62 Å². The Morgan fingerprint density at radius 1 is 1.08 bits per heavy atom. The number of nitrogen functional groups attached to an aromatic ring is 1. The second-order valence-corrected chi connectivity index (χ2v) is 7.87. The van der Waals surface area contributed by atoms with Crippen LogP contribution in [0, 0.1) is 0 Å².